The van der Waals surface area contributed by atoms with Crippen molar-refractivity contribution in [1.82, 2.24) is 10.2 Å². The topological polar surface area (TPSA) is 35.5 Å². The Labute approximate surface area is 131 Å². The summed E-state index contributed by atoms with van der Waals surface area (Å²) in [6, 6.07) is 0.528. The Morgan fingerprint density at radius 1 is 1.48 bits per heavy atom. The van der Waals surface area contributed by atoms with E-state index in [0.29, 0.717) is 19.5 Å². The maximum absolute atomic E-state index is 14.3. The van der Waals surface area contributed by atoms with E-state index in [9.17, 15) is 13.9 Å². The molecule has 0 unspecified atom stereocenters. The van der Waals surface area contributed by atoms with Gasteiger partial charge in [-0.05, 0) is 35.3 Å². The van der Waals surface area contributed by atoms with Crippen molar-refractivity contribution in [1.29, 1.82) is 0 Å². The molecule has 1 aromatic carbocycles. The Morgan fingerprint density at radius 3 is 2.67 bits per heavy atom. The van der Waals surface area contributed by atoms with Crippen LogP contribution in [0.3, 0.4) is 0 Å². The molecule has 0 aliphatic carbocycles. The normalized spacial score (nSPS) is 17.7. The van der Waals surface area contributed by atoms with Crippen molar-refractivity contribution in [2.24, 2.45) is 0 Å². The van der Waals surface area contributed by atoms with Crippen molar-refractivity contribution < 1.29 is 13.9 Å². The third-order valence-corrected chi connectivity index (χ3v) is 4.25. The van der Waals surface area contributed by atoms with Crippen molar-refractivity contribution >= 4 is 15.9 Å². The van der Waals surface area contributed by atoms with Gasteiger partial charge in [0.15, 0.2) is 11.6 Å². The molecule has 0 spiro atoms. The van der Waals surface area contributed by atoms with Gasteiger partial charge < -0.3 is 10.4 Å². The van der Waals surface area contributed by atoms with Crippen LogP contribution in [0, 0.1) is 11.6 Å². The Morgan fingerprint density at radius 2 is 2.10 bits per heavy atom. The average Bonchev–Trinajstić information content (AvgIpc) is 2.45. The monoisotopic (exact) mass is 360 g/mol. The fourth-order valence-corrected chi connectivity index (χ4v) is 3.06. The molecule has 1 heterocycles. The number of piperazine rings is 1. The average molecular weight is 361 g/mol. The molecule has 2 rings (SSSR count). The fraction of sp³-hybridized carbons (Fsp3) is 0.467. The Kier molecular flexibility index (Phi) is 5.35. The Balaban J connectivity index is 2.47. The van der Waals surface area contributed by atoms with E-state index >= 15 is 0 Å². The van der Waals surface area contributed by atoms with Crippen molar-refractivity contribution in [2.45, 2.75) is 19.4 Å². The zero-order valence-corrected chi connectivity index (χ0v) is 13.5. The number of aromatic hydroxyl groups is 1. The van der Waals surface area contributed by atoms with E-state index < -0.39 is 17.7 Å². The van der Waals surface area contributed by atoms with E-state index in [-0.39, 0.29) is 15.8 Å². The zero-order chi connectivity index (χ0) is 15.6. The van der Waals surface area contributed by atoms with Crippen LogP contribution in [0.5, 0.6) is 5.75 Å². The van der Waals surface area contributed by atoms with Crippen LogP contribution < -0.4 is 5.32 Å². The summed E-state index contributed by atoms with van der Waals surface area (Å²) in [6.07, 6.45) is 0.473. The fourth-order valence-electron chi connectivity index (χ4n) is 2.65. The number of halogens is 3. The molecule has 0 radical (unpaired) electrons. The molecule has 2 N–H and O–H groups in total. The van der Waals surface area contributed by atoms with Crippen LogP contribution in [-0.2, 0) is 0 Å². The van der Waals surface area contributed by atoms with Gasteiger partial charge in [0.05, 0.1) is 10.0 Å². The quantitative estimate of drug-likeness (QED) is 0.638. The summed E-state index contributed by atoms with van der Waals surface area (Å²) in [4.78, 5) is 2.05. The van der Waals surface area contributed by atoms with Crippen molar-refractivity contribution in [3.63, 3.8) is 0 Å². The summed E-state index contributed by atoms with van der Waals surface area (Å²) in [5, 5.41) is 13.4. The minimum absolute atomic E-state index is 0.00627. The number of benzene rings is 1. The zero-order valence-electron chi connectivity index (χ0n) is 11.9. The molecule has 0 bridgehead atoms. The first-order valence-electron chi connectivity index (χ1n) is 6.87. The van der Waals surface area contributed by atoms with Gasteiger partial charge in [0.2, 0.25) is 0 Å². The van der Waals surface area contributed by atoms with Crippen LogP contribution in [0.1, 0.15) is 24.9 Å². The smallest absolute Gasteiger partial charge is 0.167 e. The van der Waals surface area contributed by atoms with Gasteiger partial charge in [-0.3, -0.25) is 4.90 Å². The summed E-state index contributed by atoms with van der Waals surface area (Å²) in [5.41, 5.74) is 0.865. The first-order valence-corrected chi connectivity index (χ1v) is 7.66. The van der Waals surface area contributed by atoms with Crippen LogP contribution in [0.2, 0.25) is 0 Å². The molecule has 1 atom stereocenters. The molecule has 6 heteroatoms. The molecule has 1 aliphatic rings. The molecule has 1 aliphatic heterocycles. The standard InChI is InChI=1S/C15H19BrF2N2O/c1-9(2)7-12(20-5-3-19-4-6-20)13-14(18)11(17)8-10(16)15(13)21/h8,12,19,21H,1,3-7H2,2H3/t12-/m0/s1. The molecule has 0 saturated carbocycles. The molecule has 3 nitrogen and oxygen atoms in total. The van der Waals surface area contributed by atoms with Crippen molar-refractivity contribution in [3.8, 4) is 5.75 Å². The van der Waals surface area contributed by atoms with Gasteiger partial charge in [0, 0.05) is 32.2 Å². The number of rotatable bonds is 4. The first-order chi connectivity index (χ1) is 9.91. The number of hydrogen-bond donors (Lipinski definition) is 2. The summed E-state index contributed by atoms with van der Waals surface area (Å²) in [7, 11) is 0. The number of nitrogens with zero attached hydrogens (tertiary/aromatic N) is 1. The molecule has 1 saturated heterocycles. The predicted octanol–water partition coefficient (Wildman–Crippen LogP) is 3.35. The van der Waals surface area contributed by atoms with Crippen LogP contribution in [-0.4, -0.2) is 36.2 Å². The van der Waals surface area contributed by atoms with Crippen LogP contribution in [0.15, 0.2) is 22.7 Å². The molecular weight excluding hydrogens is 342 g/mol. The largest absolute Gasteiger partial charge is 0.506 e. The molecule has 0 amide bonds. The molecule has 1 fully saturated rings. The second-order valence-corrected chi connectivity index (χ2v) is 6.23. The minimum Gasteiger partial charge on any atom is -0.506 e. The second-order valence-electron chi connectivity index (χ2n) is 5.38. The maximum Gasteiger partial charge on any atom is 0.167 e. The molecule has 0 aromatic heterocycles. The van der Waals surface area contributed by atoms with Gasteiger partial charge in [-0.25, -0.2) is 8.78 Å². The van der Waals surface area contributed by atoms with E-state index in [4.69, 9.17) is 0 Å². The van der Waals surface area contributed by atoms with E-state index in [1.54, 1.807) is 0 Å². The van der Waals surface area contributed by atoms with Gasteiger partial charge in [-0.15, -0.1) is 6.58 Å². The van der Waals surface area contributed by atoms with Gasteiger partial charge in [0.25, 0.3) is 0 Å². The molecular formula is C15H19BrF2N2O. The van der Waals surface area contributed by atoms with E-state index in [0.717, 1.165) is 24.7 Å². The van der Waals surface area contributed by atoms with Gasteiger partial charge in [-0.1, -0.05) is 5.57 Å². The van der Waals surface area contributed by atoms with E-state index in [2.05, 4.69) is 32.7 Å². The predicted molar refractivity (Wildman–Crippen MR) is 82.3 cm³/mol. The van der Waals surface area contributed by atoms with Crippen LogP contribution in [0.25, 0.3) is 0 Å². The highest BCUT2D eigenvalue weighted by Gasteiger charge is 2.30. The second kappa shape index (κ2) is 6.85. The van der Waals surface area contributed by atoms with Crippen molar-refractivity contribution in [2.75, 3.05) is 26.2 Å². The summed E-state index contributed by atoms with van der Waals surface area (Å²) >= 11 is 3.08. The van der Waals surface area contributed by atoms with Gasteiger partial charge in [-0.2, -0.15) is 0 Å². The SMILES string of the molecule is C=C(C)C[C@@H](c1c(O)c(Br)cc(F)c1F)N1CCNCC1. The minimum atomic E-state index is -0.986. The summed E-state index contributed by atoms with van der Waals surface area (Å²) in [5.74, 6) is -2.18. The first kappa shape index (κ1) is 16.4. The molecule has 1 aromatic rings. The molecule has 21 heavy (non-hydrogen) atoms. The summed E-state index contributed by atoms with van der Waals surface area (Å²) < 4.78 is 28.2. The lowest BCUT2D eigenvalue weighted by molar-refractivity contribution is 0.165. The highest BCUT2D eigenvalue weighted by atomic mass is 79.9. The van der Waals surface area contributed by atoms with Crippen molar-refractivity contribution in [3.05, 3.63) is 39.9 Å². The molecule has 116 valence electrons. The van der Waals surface area contributed by atoms with Gasteiger partial charge in [0.1, 0.15) is 5.75 Å². The Hall–Kier alpha value is -0.980. The number of hydrogen-bond acceptors (Lipinski definition) is 3. The Bertz CT molecular complexity index is 519. The highest BCUT2D eigenvalue weighted by molar-refractivity contribution is 9.10. The lowest BCUT2D eigenvalue weighted by atomic mass is 9.96. The number of phenols is 1. The maximum atomic E-state index is 14.3. The van der Waals surface area contributed by atoms with E-state index in [1.165, 1.54) is 0 Å². The lowest BCUT2D eigenvalue weighted by Crippen LogP contribution is -2.45. The van der Waals surface area contributed by atoms with Gasteiger partial charge >= 0.3 is 0 Å². The third kappa shape index (κ3) is 3.62. The van der Waals surface area contributed by atoms with Crippen LogP contribution >= 0.6 is 15.9 Å². The number of phenolic OH excluding ortho intramolecular Hbond substituents is 1. The van der Waals surface area contributed by atoms with Crippen LogP contribution in [0.4, 0.5) is 8.78 Å². The summed E-state index contributed by atoms with van der Waals surface area (Å²) in [6.45, 7) is 8.71. The van der Waals surface area contributed by atoms with E-state index in [1.807, 2.05) is 6.92 Å². The number of nitrogens with one attached hydrogen (secondary N) is 1. The third-order valence-electron chi connectivity index (χ3n) is 3.65. The lowest BCUT2D eigenvalue weighted by Gasteiger charge is -2.36. The highest BCUT2D eigenvalue weighted by Crippen LogP contribution is 2.40.